The van der Waals surface area contributed by atoms with Crippen molar-refractivity contribution in [3.63, 3.8) is 0 Å². The van der Waals surface area contributed by atoms with Crippen molar-refractivity contribution in [2.24, 2.45) is 5.92 Å². The summed E-state index contributed by atoms with van der Waals surface area (Å²) in [6, 6.07) is 5.10. The number of carbonyl (C=O) groups is 1. The van der Waals surface area contributed by atoms with Gasteiger partial charge in [0.25, 0.3) is 5.91 Å². The van der Waals surface area contributed by atoms with Crippen LogP contribution in [0.1, 0.15) is 43.5 Å². The van der Waals surface area contributed by atoms with Gasteiger partial charge < -0.3 is 11.1 Å². The van der Waals surface area contributed by atoms with Crippen molar-refractivity contribution in [1.82, 2.24) is 5.32 Å². The molecule has 1 aromatic rings. The summed E-state index contributed by atoms with van der Waals surface area (Å²) < 4.78 is 0. The van der Waals surface area contributed by atoms with Gasteiger partial charge in [-0.1, -0.05) is 44.4 Å². The smallest absolute Gasteiger partial charge is 0.252 e. The van der Waals surface area contributed by atoms with Crippen molar-refractivity contribution < 1.29 is 4.79 Å². The number of nitrogens with two attached hydrogens (primary N) is 1. The first-order valence-corrected chi connectivity index (χ1v) is 6.72. The first-order valence-electron chi connectivity index (χ1n) is 6.34. The number of hydrogen-bond donors (Lipinski definition) is 2. The Morgan fingerprint density at radius 1 is 1.39 bits per heavy atom. The second-order valence-corrected chi connectivity index (χ2v) is 5.23. The van der Waals surface area contributed by atoms with E-state index in [1.54, 1.807) is 18.2 Å². The molecule has 0 aliphatic heterocycles. The van der Waals surface area contributed by atoms with Gasteiger partial charge in [-0.25, -0.2) is 0 Å². The summed E-state index contributed by atoms with van der Waals surface area (Å²) in [5, 5.41) is 3.19. The quantitative estimate of drug-likeness (QED) is 0.613. The average molecular weight is 269 g/mol. The van der Waals surface area contributed by atoms with E-state index in [9.17, 15) is 4.79 Å². The summed E-state index contributed by atoms with van der Waals surface area (Å²) >= 11 is 5.98. The van der Waals surface area contributed by atoms with Crippen LogP contribution in [0.3, 0.4) is 0 Å². The fourth-order valence-corrected chi connectivity index (χ4v) is 1.91. The van der Waals surface area contributed by atoms with Gasteiger partial charge in [0.1, 0.15) is 0 Å². The topological polar surface area (TPSA) is 55.1 Å². The fourth-order valence-electron chi connectivity index (χ4n) is 1.70. The highest BCUT2D eigenvalue weighted by molar-refractivity contribution is 6.36. The molecule has 0 atom stereocenters. The standard InChI is InChI=1S/C14H21ClN2O/c1-10(2)6-3-4-9-17-14(18)11-7-5-8-12(16)13(11)15/h5,7-8,10H,3-4,6,9,16H2,1-2H3,(H,17,18). The third-order valence-corrected chi connectivity index (χ3v) is 3.19. The molecule has 100 valence electrons. The molecule has 3 nitrogen and oxygen atoms in total. The van der Waals surface area contributed by atoms with Crippen LogP contribution in [0.15, 0.2) is 18.2 Å². The molecule has 0 radical (unpaired) electrons. The van der Waals surface area contributed by atoms with E-state index in [0.29, 0.717) is 28.7 Å². The number of nitrogens with one attached hydrogen (secondary N) is 1. The van der Waals surface area contributed by atoms with Crippen LogP contribution >= 0.6 is 11.6 Å². The van der Waals surface area contributed by atoms with Crippen molar-refractivity contribution >= 4 is 23.2 Å². The predicted octanol–water partition coefficient (Wildman–Crippen LogP) is 3.48. The maximum Gasteiger partial charge on any atom is 0.252 e. The molecule has 0 aliphatic carbocycles. The Morgan fingerprint density at radius 3 is 2.78 bits per heavy atom. The lowest BCUT2D eigenvalue weighted by Gasteiger charge is -2.08. The molecule has 0 fully saturated rings. The van der Waals surface area contributed by atoms with Crippen LogP contribution in [-0.2, 0) is 0 Å². The molecule has 0 unspecified atom stereocenters. The van der Waals surface area contributed by atoms with Crippen LogP contribution < -0.4 is 11.1 Å². The van der Waals surface area contributed by atoms with Gasteiger partial charge in [-0.2, -0.15) is 0 Å². The molecule has 1 aromatic carbocycles. The minimum Gasteiger partial charge on any atom is -0.398 e. The maximum atomic E-state index is 11.9. The number of hydrogen-bond acceptors (Lipinski definition) is 2. The van der Waals surface area contributed by atoms with Gasteiger partial charge in [-0.3, -0.25) is 4.79 Å². The van der Waals surface area contributed by atoms with Gasteiger partial charge in [0.2, 0.25) is 0 Å². The van der Waals surface area contributed by atoms with Crippen LogP contribution in [0.25, 0.3) is 0 Å². The summed E-state index contributed by atoms with van der Waals surface area (Å²) in [5.41, 5.74) is 6.54. The van der Waals surface area contributed by atoms with E-state index in [2.05, 4.69) is 19.2 Å². The van der Waals surface area contributed by atoms with Crippen molar-refractivity contribution in [2.45, 2.75) is 33.1 Å². The minimum absolute atomic E-state index is 0.156. The lowest BCUT2D eigenvalue weighted by molar-refractivity contribution is 0.0953. The number of nitrogen functional groups attached to an aromatic ring is 1. The van der Waals surface area contributed by atoms with Crippen LogP contribution in [0.4, 0.5) is 5.69 Å². The zero-order valence-electron chi connectivity index (χ0n) is 11.0. The second kappa shape index (κ2) is 7.27. The number of carbonyl (C=O) groups excluding carboxylic acids is 1. The Balaban J connectivity index is 2.39. The highest BCUT2D eigenvalue weighted by Gasteiger charge is 2.11. The summed E-state index contributed by atoms with van der Waals surface area (Å²) in [6.45, 7) is 5.08. The third kappa shape index (κ3) is 4.57. The van der Waals surface area contributed by atoms with E-state index in [1.807, 2.05) is 0 Å². The number of amides is 1. The Hall–Kier alpha value is -1.22. The van der Waals surface area contributed by atoms with Gasteiger partial charge in [0.05, 0.1) is 16.3 Å². The van der Waals surface area contributed by atoms with Crippen molar-refractivity contribution in [2.75, 3.05) is 12.3 Å². The summed E-state index contributed by atoms with van der Waals surface area (Å²) in [4.78, 5) is 11.9. The first kappa shape index (κ1) is 14.8. The van der Waals surface area contributed by atoms with E-state index in [4.69, 9.17) is 17.3 Å². The molecule has 0 aliphatic rings. The van der Waals surface area contributed by atoms with Crippen molar-refractivity contribution in [3.05, 3.63) is 28.8 Å². The number of unbranched alkanes of at least 4 members (excludes halogenated alkanes) is 1. The number of anilines is 1. The van der Waals surface area contributed by atoms with E-state index in [0.717, 1.165) is 12.8 Å². The van der Waals surface area contributed by atoms with Crippen LogP contribution in [-0.4, -0.2) is 12.5 Å². The van der Waals surface area contributed by atoms with Gasteiger partial charge in [-0.15, -0.1) is 0 Å². The summed E-state index contributed by atoms with van der Waals surface area (Å²) in [5.74, 6) is 0.556. The molecule has 0 spiro atoms. The molecule has 1 amide bonds. The molecular formula is C14H21ClN2O. The number of halogens is 1. The summed E-state index contributed by atoms with van der Waals surface area (Å²) in [7, 11) is 0. The second-order valence-electron chi connectivity index (χ2n) is 4.85. The zero-order chi connectivity index (χ0) is 13.5. The zero-order valence-corrected chi connectivity index (χ0v) is 11.8. The normalized spacial score (nSPS) is 10.7. The van der Waals surface area contributed by atoms with Gasteiger partial charge in [-0.05, 0) is 24.5 Å². The SMILES string of the molecule is CC(C)CCCCNC(=O)c1cccc(N)c1Cl. The molecule has 1 rings (SSSR count). The Kier molecular flexibility index (Phi) is 5.99. The molecule has 18 heavy (non-hydrogen) atoms. The maximum absolute atomic E-state index is 11.9. The van der Waals surface area contributed by atoms with E-state index < -0.39 is 0 Å². The Labute approximate surface area is 114 Å². The van der Waals surface area contributed by atoms with Crippen molar-refractivity contribution in [3.8, 4) is 0 Å². The van der Waals surface area contributed by atoms with E-state index in [1.165, 1.54) is 6.42 Å². The molecule has 3 N–H and O–H groups in total. The highest BCUT2D eigenvalue weighted by atomic mass is 35.5. The third-order valence-electron chi connectivity index (χ3n) is 2.77. The van der Waals surface area contributed by atoms with Gasteiger partial charge in [0.15, 0.2) is 0 Å². The molecular weight excluding hydrogens is 248 g/mol. The molecule has 0 saturated carbocycles. The molecule has 0 aromatic heterocycles. The van der Waals surface area contributed by atoms with Crippen LogP contribution in [0.5, 0.6) is 0 Å². The monoisotopic (exact) mass is 268 g/mol. The molecule has 0 bridgehead atoms. The lowest BCUT2D eigenvalue weighted by Crippen LogP contribution is -2.25. The van der Waals surface area contributed by atoms with E-state index in [-0.39, 0.29) is 5.91 Å². The van der Waals surface area contributed by atoms with E-state index >= 15 is 0 Å². The Morgan fingerprint density at radius 2 is 2.11 bits per heavy atom. The molecule has 4 heteroatoms. The minimum atomic E-state index is -0.156. The number of rotatable bonds is 6. The van der Waals surface area contributed by atoms with Crippen LogP contribution in [0.2, 0.25) is 5.02 Å². The predicted molar refractivity (Wildman–Crippen MR) is 76.9 cm³/mol. The summed E-state index contributed by atoms with van der Waals surface area (Å²) in [6.07, 6.45) is 3.31. The number of benzene rings is 1. The van der Waals surface area contributed by atoms with Crippen molar-refractivity contribution in [1.29, 1.82) is 0 Å². The highest BCUT2D eigenvalue weighted by Crippen LogP contribution is 2.22. The fraction of sp³-hybridized carbons (Fsp3) is 0.500. The first-order chi connectivity index (χ1) is 8.52. The van der Waals surface area contributed by atoms with Crippen LogP contribution in [0, 0.1) is 5.92 Å². The van der Waals surface area contributed by atoms with Gasteiger partial charge in [0, 0.05) is 6.54 Å². The largest absolute Gasteiger partial charge is 0.398 e. The lowest BCUT2D eigenvalue weighted by atomic mass is 10.1. The average Bonchev–Trinajstić information content (AvgIpc) is 2.31. The molecule has 0 saturated heterocycles. The molecule has 0 heterocycles. The Bertz CT molecular complexity index is 405. The van der Waals surface area contributed by atoms with Gasteiger partial charge >= 0.3 is 0 Å².